The van der Waals surface area contributed by atoms with Gasteiger partial charge < -0.3 is 10.1 Å². The molecule has 2 nitrogen and oxygen atoms in total. The monoisotopic (exact) mass is 257 g/mol. The molecule has 0 atom stereocenters. The van der Waals surface area contributed by atoms with Gasteiger partial charge in [0.2, 0.25) is 0 Å². The average molecular weight is 257 g/mol. The highest BCUT2D eigenvalue weighted by molar-refractivity contribution is 7.99. The van der Waals surface area contributed by atoms with E-state index in [4.69, 9.17) is 4.74 Å². The van der Waals surface area contributed by atoms with E-state index in [0.717, 1.165) is 24.5 Å². The Morgan fingerprint density at radius 3 is 2.53 bits per heavy atom. The van der Waals surface area contributed by atoms with Crippen LogP contribution in [0, 0.1) is 0 Å². The Labute approximate surface area is 110 Å². The highest BCUT2D eigenvalue weighted by atomic mass is 32.2. The summed E-state index contributed by atoms with van der Waals surface area (Å²) < 4.78 is 5.38. The van der Waals surface area contributed by atoms with Crippen molar-refractivity contribution in [2.24, 2.45) is 0 Å². The van der Waals surface area contributed by atoms with Crippen molar-refractivity contribution in [3.63, 3.8) is 0 Å². The highest BCUT2D eigenvalue weighted by Crippen LogP contribution is 2.22. The normalized spacial score (nSPS) is 24.0. The Kier molecular flexibility index (Phi) is 6.76. The van der Waals surface area contributed by atoms with Crippen molar-refractivity contribution in [1.29, 1.82) is 0 Å². The molecule has 2 fully saturated rings. The van der Waals surface area contributed by atoms with Crippen LogP contribution in [0.25, 0.3) is 0 Å². The minimum absolute atomic E-state index is 0.830. The van der Waals surface area contributed by atoms with Gasteiger partial charge in [0.05, 0.1) is 0 Å². The van der Waals surface area contributed by atoms with E-state index < -0.39 is 0 Å². The molecule has 1 saturated heterocycles. The van der Waals surface area contributed by atoms with E-state index in [2.05, 4.69) is 17.1 Å². The third-order valence-electron chi connectivity index (χ3n) is 3.88. The number of nitrogens with one attached hydrogen (secondary N) is 1. The van der Waals surface area contributed by atoms with Gasteiger partial charge in [-0.1, -0.05) is 19.3 Å². The molecule has 0 aromatic heterocycles. The van der Waals surface area contributed by atoms with Gasteiger partial charge in [-0.15, -0.1) is 0 Å². The molecule has 0 aromatic carbocycles. The van der Waals surface area contributed by atoms with Crippen molar-refractivity contribution in [2.75, 3.05) is 25.5 Å². The lowest BCUT2D eigenvalue weighted by molar-refractivity contribution is 0.100. The molecule has 0 spiro atoms. The number of ether oxygens (including phenoxy) is 1. The third-order valence-corrected chi connectivity index (χ3v) is 5.35. The molecule has 3 heteroatoms. The van der Waals surface area contributed by atoms with Crippen molar-refractivity contribution in [2.45, 2.75) is 62.7 Å². The largest absolute Gasteiger partial charge is 0.381 e. The summed E-state index contributed by atoms with van der Waals surface area (Å²) in [5.74, 6) is 1.32. The lowest BCUT2D eigenvalue weighted by Gasteiger charge is -2.23. The Morgan fingerprint density at radius 1 is 1.00 bits per heavy atom. The zero-order valence-electron chi connectivity index (χ0n) is 11.0. The van der Waals surface area contributed by atoms with Gasteiger partial charge in [-0.25, -0.2) is 0 Å². The molecule has 2 aliphatic rings. The van der Waals surface area contributed by atoms with Crippen molar-refractivity contribution < 1.29 is 4.74 Å². The smallest absolute Gasteiger partial charge is 0.0476 e. The van der Waals surface area contributed by atoms with E-state index in [-0.39, 0.29) is 0 Å². The summed E-state index contributed by atoms with van der Waals surface area (Å²) in [7, 11) is 0. The second-order valence-corrected chi connectivity index (χ2v) is 6.73. The second-order valence-electron chi connectivity index (χ2n) is 5.33. The molecule has 0 aromatic rings. The van der Waals surface area contributed by atoms with E-state index in [1.165, 1.54) is 63.7 Å². The maximum absolute atomic E-state index is 5.38. The molecule has 1 N–H and O–H groups in total. The van der Waals surface area contributed by atoms with Crippen LogP contribution in [0.2, 0.25) is 0 Å². The van der Waals surface area contributed by atoms with Gasteiger partial charge in [0.15, 0.2) is 0 Å². The lowest BCUT2D eigenvalue weighted by atomic mass is 9.95. The van der Waals surface area contributed by atoms with E-state index in [0.29, 0.717) is 0 Å². The van der Waals surface area contributed by atoms with Crippen LogP contribution >= 0.6 is 11.8 Å². The Hall–Kier alpha value is 0.270. The second kappa shape index (κ2) is 8.39. The van der Waals surface area contributed by atoms with Crippen LogP contribution < -0.4 is 5.32 Å². The lowest BCUT2D eigenvalue weighted by Crippen LogP contribution is -2.32. The first kappa shape index (κ1) is 13.7. The van der Waals surface area contributed by atoms with Crippen LogP contribution in [0.5, 0.6) is 0 Å². The maximum atomic E-state index is 5.38. The molecule has 1 aliphatic carbocycles. The van der Waals surface area contributed by atoms with E-state index in [1.807, 2.05) is 0 Å². The molecule has 0 bridgehead atoms. The summed E-state index contributed by atoms with van der Waals surface area (Å²) in [5.41, 5.74) is 0. The van der Waals surface area contributed by atoms with Gasteiger partial charge in [-0.3, -0.25) is 0 Å². The Morgan fingerprint density at radius 2 is 1.76 bits per heavy atom. The molecule has 1 heterocycles. The van der Waals surface area contributed by atoms with Gasteiger partial charge in [0, 0.05) is 24.5 Å². The van der Waals surface area contributed by atoms with Crippen LogP contribution in [0.3, 0.4) is 0 Å². The van der Waals surface area contributed by atoms with Crippen molar-refractivity contribution in [3.05, 3.63) is 0 Å². The predicted octanol–water partition coefficient (Wildman–Crippen LogP) is 3.21. The molecule has 17 heavy (non-hydrogen) atoms. The topological polar surface area (TPSA) is 21.3 Å². The molecule has 0 radical (unpaired) electrons. The summed E-state index contributed by atoms with van der Waals surface area (Å²) in [6, 6.07) is 0.830. The summed E-state index contributed by atoms with van der Waals surface area (Å²) in [4.78, 5) is 0. The maximum Gasteiger partial charge on any atom is 0.0476 e. The fourth-order valence-corrected chi connectivity index (χ4v) is 3.95. The van der Waals surface area contributed by atoms with E-state index in [9.17, 15) is 0 Å². The van der Waals surface area contributed by atoms with E-state index >= 15 is 0 Å². The number of hydrogen-bond acceptors (Lipinski definition) is 3. The van der Waals surface area contributed by atoms with Crippen molar-refractivity contribution >= 4 is 11.8 Å². The van der Waals surface area contributed by atoms with Crippen molar-refractivity contribution in [1.82, 2.24) is 5.32 Å². The first-order chi connectivity index (χ1) is 8.45. The standard InChI is InChI=1S/C14H27NOS/c1-2-5-13(6-3-1)15-9-4-12-17-14-7-10-16-11-8-14/h13-15H,1-12H2. The van der Waals surface area contributed by atoms with Gasteiger partial charge in [0.1, 0.15) is 0 Å². The van der Waals surface area contributed by atoms with Crippen molar-refractivity contribution in [3.8, 4) is 0 Å². The average Bonchev–Trinajstić information content (AvgIpc) is 2.41. The molecule has 1 saturated carbocycles. The van der Waals surface area contributed by atoms with Gasteiger partial charge in [-0.05, 0) is 44.4 Å². The molecule has 100 valence electrons. The molecule has 0 amide bonds. The highest BCUT2D eigenvalue weighted by Gasteiger charge is 2.14. The minimum atomic E-state index is 0.830. The zero-order chi connectivity index (χ0) is 11.8. The van der Waals surface area contributed by atoms with Crippen LogP contribution in [-0.4, -0.2) is 36.8 Å². The summed E-state index contributed by atoms with van der Waals surface area (Å²) in [6.07, 6.45) is 11.0. The first-order valence-electron chi connectivity index (χ1n) is 7.38. The first-order valence-corrected chi connectivity index (χ1v) is 8.43. The Bertz CT molecular complexity index is 169. The third kappa shape index (κ3) is 5.62. The molecular formula is C14H27NOS. The summed E-state index contributed by atoms with van der Waals surface area (Å²) in [6.45, 7) is 3.19. The molecule has 2 rings (SSSR count). The SMILES string of the molecule is C1CCC(NCCCSC2CCOCC2)CC1. The summed E-state index contributed by atoms with van der Waals surface area (Å²) in [5, 5.41) is 4.59. The van der Waals surface area contributed by atoms with Crippen LogP contribution in [0.4, 0.5) is 0 Å². The zero-order valence-corrected chi connectivity index (χ0v) is 11.8. The predicted molar refractivity (Wildman–Crippen MR) is 75.8 cm³/mol. The number of rotatable bonds is 6. The molecule has 1 aliphatic heterocycles. The van der Waals surface area contributed by atoms with Gasteiger partial charge in [-0.2, -0.15) is 11.8 Å². The summed E-state index contributed by atoms with van der Waals surface area (Å²) >= 11 is 2.16. The fourth-order valence-electron chi connectivity index (χ4n) is 2.78. The number of thioether (sulfide) groups is 1. The van der Waals surface area contributed by atoms with Crippen LogP contribution in [-0.2, 0) is 4.74 Å². The minimum Gasteiger partial charge on any atom is -0.381 e. The van der Waals surface area contributed by atoms with E-state index in [1.54, 1.807) is 0 Å². The molecule has 0 unspecified atom stereocenters. The Balaban J connectivity index is 1.42. The number of hydrogen-bond donors (Lipinski definition) is 1. The van der Waals surface area contributed by atoms with Gasteiger partial charge >= 0.3 is 0 Å². The van der Waals surface area contributed by atoms with Crippen LogP contribution in [0.1, 0.15) is 51.4 Å². The van der Waals surface area contributed by atoms with Gasteiger partial charge in [0.25, 0.3) is 0 Å². The fraction of sp³-hybridized carbons (Fsp3) is 1.00. The molecular weight excluding hydrogens is 230 g/mol. The van der Waals surface area contributed by atoms with Crippen LogP contribution in [0.15, 0.2) is 0 Å². The quantitative estimate of drug-likeness (QED) is 0.738.